The Morgan fingerprint density at radius 1 is 1.25 bits per heavy atom. The number of aryl methyl sites for hydroxylation is 1. The quantitative estimate of drug-likeness (QED) is 0.932. The summed E-state index contributed by atoms with van der Waals surface area (Å²) in [7, 11) is 0. The van der Waals surface area contributed by atoms with Crippen molar-refractivity contribution >= 4 is 0 Å². The molecule has 1 aliphatic heterocycles. The zero-order chi connectivity index (χ0) is 13.9. The molecule has 1 atom stereocenters. The number of ether oxygens (including phenoxy) is 1. The van der Waals surface area contributed by atoms with Gasteiger partial charge in [0.25, 0.3) is 0 Å². The standard InChI is InChI=1S/C16H20N2O2/c1-12-6-7-16(20-12)14(10-17)18-8-9-19-15-5-3-2-4-13(15)11-18/h2-7,14H,8-11,17H2,1H3. The van der Waals surface area contributed by atoms with Crippen molar-refractivity contribution in [1.82, 2.24) is 4.90 Å². The molecule has 0 spiro atoms. The summed E-state index contributed by atoms with van der Waals surface area (Å²) in [4.78, 5) is 2.32. The molecular formula is C16H20N2O2. The molecular weight excluding hydrogens is 252 g/mol. The van der Waals surface area contributed by atoms with Crippen molar-refractivity contribution in [2.45, 2.75) is 19.5 Å². The number of rotatable bonds is 3. The molecule has 0 saturated carbocycles. The highest BCUT2D eigenvalue weighted by molar-refractivity contribution is 5.34. The molecule has 4 heteroatoms. The van der Waals surface area contributed by atoms with E-state index in [4.69, 9.17) is 14.9 Å². The van der Waals surface area contributed by atoms with Crippen molar-refractivity contribution in [3.05, 3.63) is 53.5 Å². The zero-order valence-corrected chi connectivity index (χ0v) is 11.7. The van der Waals surface area contributed by atoms with Gasteiger partial charge in [0, 0.05) is 25.2 Å². The van der Waals surface area contributed by atoms with Gasteiger partial charge in [-0.2, -0.15) is 0 Å². The minimum atomic E-state index is 0.0958. The fourth-order valence-electron chi connectivity index (χ4n) is 2.69. The second-order valence-electron chi connectivity index (χ2n) is 5.13. The van der Waals surface area contributed by atoms with Gasteiger partial charge in [0.05, 0.1) is 6.04 Å². The van der Waals surface area contributed by atoms with Crippen molar-refractivity contribution in [2.24, 2.45) is 5.73 Å². The van der Waals surface area contributed by atoms with Gasteiger partial charge in [-0.15, -0.1) is 0 Å². The zero-order valence-electron chi connectivity index (χ0n) is 11.7. The van der Waals surface area contributed by atoms with Crippen molar-refractivity contribution in [3.63, 3.8) is 0 Å². The van der Waals surface area contributed by atoms with Gasteiger partial charge in [-0.1, -0.05) is 18.2 Å². The first-order valence-corrected chi connectivity index (χ1v) is 6.99. The average molecular weight is 272 g/mol. The van der Waals surface area contributed by atoms with E-state index in [1.165, 1.54) is 5.56 Å². The normalized spacial score (nSPS) is 17.1. The molecule has 2 heterocycles. The van der Waals surface area contributed by atoms with Gasteiger partial charge in [0.1, 0.15) is 23.9 Å². The molecule has 1 unspecified atom stereocenters. The van der Waals surface area contributed by atoms with E-state index in [1.807, 2.05) is 37.3 Å². The van der Waals surface area contributed by atoms with Gasteiger partial charge < -0.3 is 14.9 Å². The second-order valence-corrected chi connectivity index (χ2v) is 5.13. The fourth-order valence-corrected chi connectivity index (χ4v) is 2.69. The molecule has 2 N–H and O–H groups in total. The Balaban J connectivity index is 1.86. The maximum atomic E-state index is 5.97. The molecule has 1 aliphatic rings. The Hall–Kier alpha value is -1.78. The molecule has 1 aromatic carbocycles. The predicted molar refractivity (Wildman–Crippen MR) is 77.6 cm³/mol. The lowest BCUT2D eigenvalue weighted by Gasteiger charge is -2.27. The first-order chi connectivity index (χ1) is 9.78. The van der Waals surface area contributed by atoms with Crippen LogP contribution in [0, 0.1) is 6.92 Å². The number of fused-ring (bicyclic) bond motifs is 1. The van der Waals surface area contributed by atoms with Crippen LogP contribution in [0.5, 0.6) is 5.75 Å². The Morgan fingerprint density at radius 2 is 2.10 bits per heavy atom. The van der Waals surface area contributed by atoms with Crippen LogP contribution in [0.2, 0.25) is 0 Å². The van der Waals surface area contributed by atoms with Crippen LogP contribution in [-0.2, 0) is 6.54 Å². The van der Waals surface area contributed by atoms with Crippen LogP contribution in [0.1, 0.15) is 23.1 Å². The fraction of sp³-hybridized carbons (Fsp3) is 0.375. The van der Waals surface area contributed by atoms with Crippen molar-refractivity contribution in [2.75, 3.05) is 19.7 Å². The number of furan rings is 1. The van der Waals surface area contributed by atoms with Crippen LogP contribution in [0.3, 0.4) is 0 Å². The minimum absolute atomic E-state index is 0.0958. The number of para-hydroxylation sites is 1. The summed E-state index contributed by atoms with van der Waals surface area (Å²) >= 11 is 0. The molecule has 4 nitrogen and oxygen atoms in total. The third-order valence-electron chi connectivity index (χ3n) is 3.74. The summed E-state index contributed by atoms with van der Waals surface area (Å²) in [6.07, 6.45) is 0. The largest absolute Gasteiger partial charge is 0.492 e. The lowest BCUT2D eigenvalue weighted by atomic mass is 10.1. The molecule has 3 rings (SSSR count). The third kappa shape index (κ3) is 2.57. The van der Waals surface area contributed by atoms with E-state index in [2.05, 4.69) is 11.0 Å². The minimum Gasteiger partial charge on any atom is -0.492 e. The van der Waals surface area contributed by atoms with Gasteiger partial charge >= 0.3 is 0 Å². The molecule has 0 radical (unpaired) electrons. The van der Waals surface area contributed by atoms with Crippen LogP contribution < -0.4 is 10.5 Å². The van der Waals surface area contributed by atoms with Crippen LogP contribution >= 0.6 is 0 Å². The van der Waals surface area contributed by atoms with E-state index in [9.17, 15) is 0 Å². The summed E-state index contributed by atoms with van der Waals surface area (Å²) < 4.78 is 11.6. The molecule has 0 amide bonds. The van der Waals surface area contributed by atoms with Crippen molar-refractivity contribution < 1.29 is 9.15 Å². The SMILES string of the molecule is Cc1ccc(C(CN)N2CCOc3ccccc3C2)o1. The monoisotopic (exact) mass is 272 g/mol. The molecule has 0 aliphatic carbocycles. The highest BCUT2D eigenvalue weighted by Crippen LogP contribution is 2.28. The maximum absolute atomic E-state index is 5.97. The predicted octanol–water partition coefficient (Wildman–Crippen LogP) is 2.48. The summed E-state index contributed by atoms with van der Waals surface area (Å²) in [5, 5.41) is 0. The lowest BCUT2D eigenvalue weighted by molar-refractivity contribution is 0.155. The lowest BCUT2D eigenvalue weighted by Crippen LogP contribution is -2.34. The topological polar surface area (TPSA) is 51.6 Å². The van der Waals surface area contributed by atoms with Crippen molar-refractivity contribution in [3.8, 4) is 5.75 Å². The van der Waals surface area contributed by atoms with Crippen LogP contribution in [0.4, 0.5) is 0 Å². The van der Waals surface area contributed by atoms with E-state index < -0.39 is 0 Å². The maximum Gasteiger partial charge on any atom is 0.123 e. The van der Waals surface area contributed by atoms with E-state index in [1.54, 1.807) is 0 Å². The third-order valence-corrected chi connectivity index (χ3v) is 3.74. The average Bonchev–Trinajstić information content (AvgIpc) is 2.76. The highest BCUT2D eigenvalue weighted by atomic mass is 16.5. The van der Waals surface area contributed by atoms with Crippen molar-refractivity contribution in [1.29, 1.82) is 0 Å². The first kappa shape index (κ1) is 13.2. The molecule has 1 aromatic heterocycles. The Labute approximate surface area is 119 Å². The van der Waals surface area contributed by atoms with E-state index in [0.717, 1.165) is 30.4 Å². The Bertz CT molecular complexity index is 579. The number of nitrogens with zero attached hydrogens (tertiary/aromatic N) is 1. The van der Waals surface area contributed by atoms with E-state index in [-0.39, 0.29) is 6.04 Å². The van der Waals surface area contributed by atoms with Gasteiger partial charge in [-0.3, -0.25) is 4.90 Å². The highest BCUT2D eigenvalue weighted by Gasteiger charge is 2.25. The van der Waals surface area contributed by atoms with Crippen LogP contribution in [-0.4, -0.2) is 24.6 Å². The smallest absolute Gasteiger partial charge is 0.123 e. The van der Waals surface area contributed by atoms with Gasteiger partial charge in [-0.05, 0) is 25.1 Å². The summed E-state index contributed by atoms with van der Waals surface area (Å²) in [5.74, 6) is 2.83. The van der Waals surface area contributed by atoms with E-state index in [0.29, 0.717) is 13.2 Å². The number of hydrogen-bond donors (Lipinski definition) is 1. The molecule has 0 fully saturated rings. The molecule has 2 aromatic rings. The number of benzene rings is 1. The number of nitrogens with two attached hydrogens (primary N) is 1. The van der Waals surface area contributed by atoms with Gasteiger partial charge in [-0.25, -0.2) is 0 Å². The molecule has 20 heavy (non-hydrogen) atoms. The van der Waals surface area contributed by atoms with E-state index >= 15 is 0 Å². The summed E-state index contributed by atoms with van der Waals surface area (Å²) in [6, 6.07) is 12.3. The van der Waals surface area contributed by atoms with Gasteiger partial charge in [0.2, 0.25) is 0 Å². The summed E-state index contributed by atoms with van der Waals surface area (Å²) in [5.41, 5.74) is 7.17. The molecule has 0 saturated heterocycles. The molecule has 106 valence electrons. The Kier molecular flexibility index (Phi) is 3.76. The first-order valence-electron chi connectivity index (χ1n) is 6.99. The number of hydrogen-bond acceptors (Lipinski definition) is 4. The molecule has 0 bridgehead atoms. The van der Waals surface area contributed by atoms with Gasteiger partial charge in [0.15, 0.2) is 0 Å². The second kappa shape index (κ2) is 5.69. The van der Waals surface area contributed by atoms with Crippen LogP contribution in [0.25, 0.3) is 0 Å². The Morgan fingerprint density at radius 3 is 2.85 bits per heavy atom. The summed E-state index contributed by atoms with van der Waals surface area (Å²) in [6.45, 7) is 4.84. The van der Waals surface area contributed by atoms with Crippen LogP contribution in [0.15, 0.2) is 40.8 Å².